The van der Waals surface area contributed by atoms with Gasteiger partial charge >= 0.3 is 0 Å². The molecule has 2 N–H and O–H groups in total. The number of guanidine groups is 1. The highest BCUT2D eigenvalue weighted by Gasteiger charge is 2.35. The van der Waals surface area contributed by atoms with Gasteiger partial charge < -0.3 is 20.3 Å². The second-order valence-electron chi connectivity index (χ2n) is 8.92. The summed E-state index contributed by atoms with van der Waals surface area (Å²) in [5, 5.41) is 6.95. The standard InChI is InChI=1S/C22H38N4O/c1-22(2,3)20-19(11-8-12-27-20)15-25-21(23-4)24-14-17-9-7-10-18(13-17)16-26(5)6/h7,9-10,13,19-20H,8,11-12,14-16H2,1-6H3,(H2,23,24,25). The summed E-state index contributed by atoms with van der Waals surface area (Å²) in [6.07, 6.45) is 2.64. The number of nitrogens with one attached hydrogen (secondary N) is 2. The van der Waals surface area contributed by atoms with Gasteiger partial charge in [-0.15, -0.1) is 0 Å². The van der Waals surface area contributed by atoms with E-state index < -0.39 is 0 Å². The van der Waals surface area contributed by atoms with E-state index in [0.29, 0.717) is 12.0 Å². The van der Waals surface area contributed by atoms with Crippen LogP contribution in [0, 0.1) is 11.3 Å². The molecule has 1 heterocycles. The van der Waals surface area contributed by atoms with Crippen molar-refractivity contribution < 1.29 is 4.74 Å². The monoisotopic (exact) mass is 374 g/mol. The fraction of sp³-hybridized carbons (Fsp3) is 0.682. The van der Waals surface area contributed by atoms with Crippen LogP contribution < -0.4 is 10.6 Å². The first kappa shape index (κ1) is 21.7. The zero-order valence-corrected chi connectivity index (χ0v) is 18.0. The Morgan fingerprint density at radius 3 is 2.63 bits per heavy atom. The Bertz CT molecular complexity index is 607. The van der Waals surface area contributed by atoms with E-state index in [1.54, 1.807) is 0 Å². The average molecular weight is 375 g/mol. The number of hydrogen-bond acceptors (Lipinski definition) is 3. The minimum atomic E-state index is 0.163. The van der Waals surface area contributed by atoms with Gasteiger partial charge in [-0.25, -0.2) is 0 Å². The van der Waals surface area contributed by atoms with Crippen LogP contribution in [0.25, 0.3) is 0 Å². The van der Waals surface area contributed by atoms with Gasteiger partial charge in [-0.1, -0.05) is 45.0 Å². The van der Waals surface area contributed by atoms with Crippen molar-refractivity contribution in [3.8, 4) is 0 Å². The molecule has 1 aliphatic heterocycles. The van der Waals surface area contributed by atoms with Crippen molar-refractivity contribution in [2.45, 2.75) is 52.8 Å². The van der Waals surface area contributed by atoms with Crippen molar-refractivity contribution in [1.29, 1.82) is 0 Å². The quantitative estimate of drug-likeness (QED) is 0.593. The van der Waals surface area contributed by atoms with Crippen LogP contribution >= 0.6 is 0 Å². The third-order valence-corrected chi connectivity index (χ3v) is 5.00. The molecule has 0 bridgehead atoms. The van der Waals surface area contributed by atoms with E-state index in [1.165, 1.54) is 17.5 Å². The summed E-state index contributed by atoms with van der Waals surface area (Å²) < 4.78 is 6.09. The van der Waals surface area contributed by atoms with Gasteiger partial charge in [0.1, 0.15) is 0 Å². The van der Waals surface area contributed by atoms with E-state index in [2.05, 4.69) is 79.7 Å². The summed E-state index contributed by atoms with van der Waals surface area (Å²) in [4.78, 5) is 6.58. The maximum atomic E-state index is 6.09. The zero-order chi connectivity index (χ0) is 19.9. The van der Waals surface area contributed by atoms with Gasteiger partial charge in [0.2, 0.25) is 0 Å². The van der Waals surface area contributed by atoms with Crippen molar-refractivity contribution >= 4 is 5.96 Å². The molecular weight excluding hydrogens is 336 g/mol. The highest BCUT2D eigenvalue weighted by Crippen LogP contribution is 2.33. The van der Waals surface area contributed by atoms with Crippen LogP contribution in [-0.2, 0) is 17.8 Å². The first-order chi connectivity index (χ1) is 12.8. The molecule has 5 heteroatoms. The molecule has 5 nitrogen and oxygen atoms in total. The Morgan fingerprint density at radius 1 is 1.22 bits per heavy atom. The molecule has 1 aromatic rings. The molecule has 0 saturated carbocycles. The van der Waals surface area contributed by atoms with Crippen LogP contribution in [0.3, 0.4) is 0 Å². The van der Waals surface area contributed by atoms with E-state index in [1.807, 2.05) is 7.05 Å². The Morgan fingerprint density at radius 2 is 1.96 bits per heavy atom. The maximum Gasteiger partial charge on any atom is 0.191 e. The van der Waals surface area contributed by atoms with Crippen LogP contribution in [0.1, 0.15) is 44.7 Å². The second kappa shape index (κ2) is 10.1. The molecule has 152 valence electrons. The van der Waals surface area contributed by atoms with E-state index in [9.17, 15) is 0 Å². The molecule has 2 atom stereocenters. The minimum Gasteiger partial charge on any atom is -0.377 e. The van der Waals surface area contributed by atoms with Gasteiger partial charge in [-0.2, -0.15) is 0 Å². The molecule has 2 rings (SSSR count). The van der Waals surface area contributed by atoms with Gasteiger partial charge in [0.05, 0.1) is 6.10 Å². The Kier molecular flexibility index (Phi) is 8.11. The summed E-state index contributed by atoms with van der Waals surface area (Å²) in [7, 11) is 6.02. The molecule has 0 amide bonds. The molecule has 1 saturated heterocycles. The van der Waals surface area contributed by atoms with Crippen LogP contribution in [0.2, 0.25) is 0 Å². The number of hydrogen-bond donors (Lipinski definition) is 2. The zero-order valence-electron chi connectivity index (χ0n) is 18.0. The number of benzene rings is 1. The molecule has 0 spiro atoms. The molecule has 0 radical (unpaired) electrons. The molecular formula is C22H38N4O. The van der Waals surface area contributed by atoms with Crippen LogP contribution in [0.15, 0.2) is 29.3 Å². The van der Waals surface area contributed by atoms with Crippen molar-refractivity contribution in [3.05, 3.63) is 35.4 Å². The summed E-state index contributed by atoms with van der Waals surface area (Å²) in [6, 6.07) is 8.71. The number of ether oxygens (including phenoxy) is 1. The molecule has 0 aromatic heterocycles. The number of aliphatic imine (C=N–C) groups is 1. The predicted octanol–water partition coefficient (Wildman–Crippen LogP) is 3.25. The summed E-state index contributed by atoms with van der Waals surface area (Å²) >= 11 is 0. The van der Waals surface area contributed by atoms with Gasteiger partial charge in [-0.3, -0.25) is 4.99 Å². The average Bonchev–Trinajstić information content (AvgIpc) is 2.61. The van der Waals surface area contributed by atoms with Gasteiger partial charge in [0.25, 0.3) is 0 Å². The van der Waals surface area contributed by atoms with Crippen LogP contribution in [-0.4, -0.2) is 51.3 Å². The fourth-order valence-electron chi connectivity index (χ4n) is 3.85. The third-order valence-electron chi connectivity index (χ3n) is 5.00. The summed E-state index contributed by atoms with van der Waals surface area (Å²) in [5.74, 6) is 1.37. The third kappa shape index (κ3) is 7.15. The van der Waals surface area contributed by atoms with Crippen LogP contribution in [0.4, 0.5) is 0 Å². The van der Waals surface area contributed by atoms with E-state index >= 15 is 0 Å². The smallest absolute Gasteiger partial charge is 0.191 e. The highest BCUT2D eigenvalue weighted by atomic mass is 16.5. The van der Waals surface area contributed by atoms with Gasteiger partial charge in [0.15, 0.2) is 5.96 Å². The molecule has 1 fully saturated rings. The number of nitrogens with zero attached hydrogens (tertiary/aromatic N) is 2. The van der Waals surface area contributed by atoms with Gasteiger partial charge in [-0.05, 0) is 43.5 Å². The van der Waals surface area contributed by atoms with Crippen molar-refractivity contribution in [2.75, 3.05) is 34.3 Å². The van der Waals surface area contributed by atoms with E-state index in [4.69, 9.17) is 4.74 Å². The first-order valence-electron chi connectivity index (χ1n) is 10.1. The van der Waals surface area contributed by atoms with Crippen molar-refractivity contribution in [1.82, 2.24) is 15.5 Å². The summed E-state index contributed by atoms with van der Waals surface area (Å²) in [5.41, 5.74) is 2.76. The molecule has 1 aromatic carbocycles. The lowest BCUT2D eigenvalue weighted by molar-refractivity contribution is -0.0835. The largest absolute Gasteiger partial charge is 0.377 e. The Hall–Kier alpha value is -1.59. The second-order valence-corrected chi connectivity index (χ2v) is 8.92. The molecule has 27 heavy (non-hydrogen) atoms. The number of rotatable bonds is 6. The topological polar surface area (TPSA) is 48.9 Å². The predicted molar refractivity (Wildman–Crippen MR) is 114 cm³/mol. The first-order valence-corrected chi connectivity index (χ1v) is 10.1. The fourth-order valence-corrected chi connectivity index (χ4v) is 3.85. The molecule has 2 unspecified atom stereocenters. The maximum absolute atomic E-state index is 6.09. The molecule has 1 aliphatic rings. The van der Waals surface area contributed by atoms with Crippen molar-refractivity contribution in [3.63, 3.8) is 0 Å². The lowest BCUT2D eigenvalue weighted by atomic mass is 9.78. The Labute approximate surface area is 165 Å². The van der Waals surface area contributed by atoms with Crippen LogP contribution in [0.5, 0.6) is 0 Å². The lowest BCUT2D eigenvalue weighted by Gasteiger charge is -2.40. The van der Waals surface area contributed by atoms with Crippen molar-refractivity contribution in [2.24, 2.45) is 16.3 Å². The normalized spacial score (nSPS) is 21.4. The van der Waals surface area contributed by atoms with Gasteiger partial charge in [0, 0.05) is 39.2 Å². The minimum absolute atomic E-state index is 0.163. The summed E-state index contributed by atoms with van der Waals surface area (Å²) in [6.45, 7) is 10.3. The van der Waals surface area contributed by atoms with E-state index in [0.717, 1.165) is 38.6 Å². The highest BCUT2D eigenvalue weighted by molar-refractivity contribution is 5.79. The van der Waals surface area contributed by atoms with E-state index in [-0.39, 0.29) is 5.41 Å². The lowest BCUT2D eigenvalue weighted by Crippen LogP contribution is -2.47. The Balaban J connectivity index is 1.87. The SMILES string of the molecule is CN=C(NCc1cccc(CN(C)C)c1)NCC1CCCOC1C(C)(C)C. The molecule has 0 aliphatic carbocycles.